The van der Waals surface area contributed by atoms with Crippen LogP contribution in [0.2, 0.25) is 0 Å². The van der Waals surface area contributed by atoms with E-state index in [2.05, 4.69) is 117 Å². The van der Waals surface area contributed by atoms with Gasteiger partial charge >= 0.3 is 5.97 Å². The first kappa shape index (κ1) is 68.7. The van der Waals surface area contributed by atoms with Crippen LogP contribution in [0.4, 0.5) is 0 Å². The van der Waals surface area contributed by atoms with E-state index in [9.17, 15) is 19.0 Å². The fraction of sp³-hybridized carbons (Fsp3) is 0.677. The fourth-order valence-electron chi connectivity index (χ4n) is 7.61. The third kappa shape index (κ3) is 51.6. The molecule has 0 saturated heterocycles. The molecule has 0 bridgehead atoms. The van der Waals surface area contributed by atoms with Crippen LogP contribution in [0.25, 0.3) is 0 Å². The smallest absolute Gasteiger partial charge is 0.306 e. The molecule has 0 aromatic carbocycles. The van der Waals surface area contributed by atoms with Gasteiger partial charge in [0.05, 0.1) is 33.8 Å². The van der Waals surface area contributed by atoms with Gasteiger partial charge < -0.3 is 28.5 Å². The molecule has 412 valence electrons. The second kappa shape index (κ2) is 51.2. The number of allylic oxidation sites excluding steroid dienone is 17. The molecule has 3 unspecified atom stereocenters. The minimum Gasteiger partial charge on any atom is -0.756 e. The predicted octanol–water partition coefficient (Wildman–Crippen LogP) is 16.7. The molecule has 72 heavy (non-hydrogen) atoms. The van der Waals surface area contributed by atoms with E-state index in [-0.39, 0.29) is 31.3 Å². The van der Waals surface area contributed by atoms with Crippen molar-refractivity contribution < 1.29 is 37.3 Å². The first-order chi connectivity index (χ1) is 34.9. The first-order valence-corrected chi connectivity index (χ1v) is 30.2. The average molecular weight is 1020 g/mol. The maximum Gasteiger partial charge on any atom is 0.306 e. The number of ether oxygens (including phenoxy) is 1. The minimum absolute atomic E-state index is 0.0359. The highest BCUT2D eigenvalue weighted by Gasteiger charge is 2.27. The molecule has 0 spiro atoms. The van der Waals surface area contributed by atoms with Gasteiger partial charge in [-0.25, -0.2) is 0 Å². The zero-order valence-corrected chi connectivity index (χ0v) is 47.7. The van der Waals surface area contributed by atoms with Crippen molar-refractivity contribution in [3.05, 3.63) is 109 Å². The highest BCUT2D eigenvalue weighted by molar-refractivity contribution is 7.45. The predicted molar refractivity (Wildman–Crippen MR) is 307 cm³/mol. The summed E-state index contributed by atoms with van der Waals surface area (Å²) in [5.74, 6) is -0.596. The Morgan fingerprint density at radius 3 is 1.49 bits per heavy atom. The number of hydrogen-bond acceptors (Lipinski definition) is 7. The molecule has 0 fully saturated rings. The van der Waals surface area contributed by atoms with Gasteiger partial charge in [-0.2, -0.15) is 0 Å². The molecule has 0 rings (SSSR count). The summed E-state index contributed by atoms with van der Waals surface area (Å²) in [6, 6.07) is -0.913. The van der Waals surface area contributed by atoms with Crippen LogP contribution >= 0.6 is 7.82 Å². The number of phosphoric acid groups is 1. The molecular formula is C62H107N2O7P. The van der Waals surface area contributed by atoms with Crippen LogP contribution in [-0.4, -0.2) is 69.4 Å². The molecule has 0 aliphatic heterocycles. The van der Waals surface area contributed by atoms with Gasteiger partial charge in [-0.3, -0.25) is 14.2 Å². The van der Waals surface area contributed by atoms with Crippen molar-refractivity contribution in [2.75, 3.05) is 40.9 Å². The minimum atomic E-state index is -4.71. The quantitative estimate of drug-likeness (QED) is 0.0161. The van der Waals surface area contributed by atoms with E-state index in [1.54, 1.807) is 0 Å². The number of nitrogens with zero attached hydrogens (tertiary/aromatic N) is 1. The van der Waals surface area contributed by atoms with Crippen molar-refractivity contribution in [1.82, 2.24) is 5.32 Å². The van der Waals surface area contributed by atoms with Crippen LogP contribution in [0.1, 0.15) is 220 Å². The van der Waals surface area contributed by atoms with E-state index in [1.165, 1.54) is 51.4 Å². The Morgan fingerprint density at radius 2 is 0.958 bits per heavy atom. The second-order valence-electron chi connectivity index (χ2n) is 20.1. The van der Waals surface area contributed by atoms with Crippen molar-refractivity contribution in [2.24, 2.45) is 0 Å². The Kier molecular flexibility index (Phi) is 48.8. The number of phosphoric ester groups is 1. The number of rotatable bonds is 50. The summed E-state index contributed by atoms with van der Waals surface area (Å²) in [6.07, 6.45) is 69.1. The lowest BCUT2D eigenvalue weighted by Gasteiger charge is -2.30. The van der Waals surface area contributed by atoms with Gasteiger partial charge in [-0.05, 0) is 96.0 Å². The Labute approximate surface area is 442 Å². The summed E-state index contributed by atoms with van der Waals surface area (Å²) in [4.78, 5) is 39.8. The first-order valence-electron chi connectivity index (χ1n) is 28.7. The number of carbonyl (C=O) groups is 2. The van der Waals surface area contributed by atoms with E-state index < -0.39 is 26.6 Å². The van der Waals surface area contributed by atoms with Gasteiger partial charge in [-0.1, -0.05) is 220 Å². The third-order valence-corrected chi connectivity index (χ3v) is 13.0. The molecule has 0 aliphatic carbocycles. The number of hydrogen-bond donors (Lipinski definition) is 1. The molecule has 3 atom stereocenters. The SMILES string of the molecule is CC/C=C\C/C=C\C/C=C\C/C=C\C/C=C\CCCCCCCC(=O)NC(COP(=O)([O-])OCC[N+](C)(C)C)C(/C=C\CCCCCCCCCCCC)OC(=O)CCCCCCC\C=C/C=C/C=C/CC. The van der Waals surface area contributed by atoms with Crippen molar-refractivity contribution >= 4 is 19.7 Å². The molecule has 10 heteroatoms. The molecule has 0 aliphatic rings. The average Bonchev–Trinajstić information content (AvgIpc) is 3.34. The molecule has 1 N–H and O–H groups in total. The van der Waals surface area contributed by atoms with E-state index in [1.807, 2.05) is 39.4 Å². The van der Waals surface area contributed by atoms with Gasteiger partial charge in [0, 0.05) is 12.8 Å². The van der Waals surface area contributed by atoms with E-state index in [0.29, 0.717) is 23.9 Å². The normalized spacial score (nSPS) is 14.6. The maximum atomic E-state index is 13.5. The number of carbonyl (C=O) groups excluding carboxylic acids is 2. The van der Waals surface area contributed by atoms with E-state index in [0.717, 1.165) is 122 Å². The summed E-state index contributed by atoms with van der Waals surface area (Å²) in [5, 5.41) is 3.00. The molecule has 1 amide bonds. The van der Waals surface area contributed by atoms with Crippen LogP contribution < -0.4 is 10.2 Å². The number of nitrogens with one attached hydrogen (secondary N) is 1. The maximum absolute atomic E-state index is 13.5. The number of amides is 1. The Bertz CT molecular complexity index is 1600. The van der Waals surface area contributed by atoms with Gasteiger partial charge in [-0.15, -0.1) is 0 Å². The van der Waals surface area contributed by atoms with Crippen LogP contribution in [-0.2, 0) is 27.9 Å². The zero-order valence-electron chi connectivity index (χ0n) is 46.8. The largest absolute Gasteiger partial charge is 0.756 e. The molecule has 0 saturated carbocycles. The van der Waals surface area contributed by atoms with Gasteiger partial charge in [0.25, 0.3) is 7.82 Å². The highest BCUT2D eigenvalue weighted by atomic mass is 31.2. The highest BCUT2D eigenvalue weighted by Crippen LogP contribution is 2.38. The van der Waals surface area contributed by atoms with Crippen LogP contribution in [0.5, 0.6) is 0 Å². The standard InChI is InChI=1S/C62H107N2O7P/c1-7-10-13-16-19-22-25-28-29-30-31-32-33-34-35-37-39-42-45-48-51-54-61(65)63-59(58-70-72(67,68)69-57-56-64(4,5)6)60(53-50-47-44-41-38-27-24-21-18-15-12-9-3)71-62(66)55-52-49-46-43-40-36-26-23-20-17-14-11-8-2/h10-11,13-14,17,19-20,22-23,26,28-29,31-32,34-35,50,53,59-60H,7-9,12,15-16,18,21,24-25,27,30,33,36-49,51-52,54-58H2,1-6H3,(H-,63,65,67,68)/b13-10-,14-11+,20-17+,22-19-,26-23-,29-28-,32-31-,35-34-,53-50-. The third-order valence-electron chi connectivity index (χ3n) is 12.0. The van der Waals surface area contributed by atoms with Gasteiger partial charge in [0.2, 0.25) is 5.91 Å². The summed E-state index contributed by atoms with van der Waals surface area (Å²) >= 11 is 0. The Hall–Kier alpha value is -3.33. The lowest BCUT2D eigenvalue weighted by molar-refractivity contribution is -0.870. The summed E-state index contributed by atoms with van der Waals surface area (Å²) in [5.41, 5.74) is 0. The second-order valence-corrected chi connectivity index (χ2v) is 21.5. The number of likely N-dealkylation sites (N-methyl/N-ethyl adjacent to an activating group) is 1. The lowest BCUT2D eigenvalue weighted by atomic mass is 10.0. The summed E-state index contributed by atoms with van der Waals surface area (Å²) in [6.45, 7) is 6.54. The molecule has 0 aromatic heterocycles. The topological polar surface area (TPSA) is 114 Å². The number of esters is 1. The molecule has 0 heterocycles. The number of quaternary nitrogens is 1. The molecule has 9 nitrogen and oxygen atoms in total. The number of unbranched alkanes of at least 4 members (excludes halogenated alkanes) is 20. The van der Waals surface area contributed by atoms with E-state index in [4.69, 9.17) is 13.8 Å². The summed E-state index contributed by atoms with van der Waals surface area (Å²) in [7, 11) is 1.14. The zero-order chi connectivity index (χ0) is 52.9. The molecule has 0 radical (unpaired) electrons. The van der Waals surface area contributed by atoms with E-state index >= 15 is 0 Å². The Balaban J connectivity index is 5.37. The molecular weight excluding hydrogens is 916 g/mol. The van der Waals surface area contributed by atoms with Crippen LogP contribution in [0, 0.1) is 0 Å². The summed E-state index contributed by atoms with van der Waals surface area (Å²) < 4.78 is 30.2. The Morgan fingerprint density at radius 1 is 0.514 bits per heavy atom. The van der Waals surface area contributed by atoms with Gasteiger partial charge in [0.1, 0.15) is 19.3 Å². The van der Waals surface area contributed by atoms with Gasteiger partial charge in [0.15, 0.2) is 0 Å². The fourth-order valence-corrected chi connectivity index (χ4v) is 8.33. The van der Waals surface area contributed by atoms with Crippen molar-refractivity contribution in [3.63, 3.8) is 0 Å². The van der Waals surface area contributed by atoms with Crippen LogP contribution in [0.3, 0.4) is 0 Å². The van der Waals surface area contributed by atoms with Crippen LogP contribution in [0.15, 0.2) is 109 Å². The monoisotopic (exact) mass is 1020 g/mol. The lowest BCUT2D eigenvalue weighted by Crippen LogP contribution is -2.47. The van der Waals surface area contributed by atoms with Crippen molar-refractivity contribution in [3.8, 4) is 0 Å². The van der Waals surface area contributed by atoms with Crippen molar-refractivity contribution in [2.45, 2.75) is 232 Å². The van der Waals surface area contributed by atoms with Crippen molar-refractivity contribution in [1.29, 1.82) is 0 Å². The molecule has 0 aromatic rings.